The first kappa shape index (κ1) is 16.8. The number of benzene rings is 1. The van der Waals surface area contributed by atoms with Crippen LogP contribution in [0.2, 0.25) is 10.0 Å². The average Bonchev–Trinajstić information content (AvgIpc) is 2.44. The fourth-order valence-electron chi connectivity index (χ4n) is 2.01. The lowest BCUT2D eigenvalue weighted by Gasteiger charge is -2.27. The third kappa shape index (κ3) is 3.62. The van der Waals surface area contributed by atoms with E-state index in [9.17, 15) is 9.59 Å². The van der Waals surface area contributed by atoms with Crippen molar-refractivity contribution in [3.63, 3.8) is 0 Å². The maximum absolute atomic E-state index is 11.7. The highest BCUT2D eigenvalue weighted by Crippen LogP contribution is 2.23. The Morgan fingerprint density at radius 3 is 2.09 bits per heavy atom. The van der Waals surface area contributed by atoms with Gasteiger partial charge in [0.1, 0.15) is 11.4 Å². The van der Waals surface area contributed by atoms with Gasteiger partial charge in [-0.25, -0.2) is 0 Å². The first-order chi connectivity index (χ1) is 10.2. The lowest BCUT2D eigenvalue weighted by Crippen LogP contribution is -2.42. The summed E-state index contributed by atoms with van der Waals surface area (Å²) in [7, 11) is 0. The Kier molecular flexibility index (Phi) is 4.83. The smallest absolute Gasteiger partial charge is 0.253 e. The molecule has 0 aliphatic rings. The van der Waals surface area contributed by atoms with Crippen molar-refractivity contribution >= 4 is 34.6 Å². The van der Waals surface area contributed by atoms with E-state index in [-0.39, 0.29) is 5.54 Å². The molecule has 0 unspecified atom stereocenters. The number of hydrogen-bond acceptors (Lipinski definition) is 4. The molecule has 0 amide bonds. The highest BCUT2D eigenvalue weighted by molar-refractivity contribution is 6.34. The monoisotopic (exact) mass is 340 g/mol. The molecular weight excluding hydrogens is 323 g/mol. The average molecular weight is 341 g/mol. The lowest BCUT2D eigenvalue weighted by atomic mass is 10.00. The van der Waals surface area contributed by atoms with Gasteiger partial charge in [-0.2, -0.15) is 0 Å². The van der Waals surface area contributed by atoms with Crippen LogP contribution < -0.4 is 21.5 Å². The molecule has 2 N–H and O–H groups in total. The van der Waals surface area contributed by atoms with Gasteiger partial charge in [-0.1, -0.05) is 30.1 Å². The van der Waals surface area contributed by atoms with Crippen LogP contribution in [0.25, 0.3) is 0 Å². The van der Waals surface area contributed by atoms with Gasteiger partial charge in [-0.15, -0.1) is 0 Å². The van der Waals surface area contributed by atoms with Gasteiger partial charge in [0.25, 0.3) is 10.9 Å². The molecule has 22 heavy (non-hydrogen) atoms. The van der Waals surface area contributed by atoms with Crippen molar-refractivity contribution in [2.45, 2.75) is 39.3 Å². The number of halogens is 2. The van der Waals surface area contributed by atoms with Gasteiger partial charge in [0.2, 0.25) is 0 Å². The molecule has 2 aromatic carbocycles. The van der Waals surface area contributed by atoms with Crippen LogP contribution in [0.3, 0.4) is 0 Å². The van der Waals surface area contributed by atoms with Crippen LogP contribution in [-0.2, 0) is 6.54 Å². The second kappa shape index (κ2) is 6.31. The van der Waals surface area contributed by atoms with E-state index in [1.807, 2.05) is 20.8 Å². The number of rotatable bonds is 6. The van der Waals surface area contributed by atoms with Crippen LogP contribution in [0.5, 0.6) is 0 Å². The third-order valence-electron chi connectivity index (χ3n) is 3.65. The van der Waals surface area contributed by atoms with Crippen molar-refractivity contribution in [1.82, 2.24) is 0 Å². The molecular formula is C16H18Cl2N2O2. The molecule has 0 fully saturated rings. The molecule has 0 spiro atoms. The number of anilines is 2. The van der Waals surface area contributed by atoms with Crippen LogP contribution >= 0.6 is 23.2 Å². The second-order valence-corrected chi connectivity index (χ2v) is 6.77. The first-order valence-corrected chi connectivity index (χ1v) is 7.79. The Morgan fingerprint density at radius 1 is 1.00 bits per heavy atom. The van der Waals surface area contributed by atoms with Gasteiger partial charge in [-0.05, 0) is 44.0 Å². The summed E-state index contributed by atoms with van der Waals surface area (Å²) >= 11 is 11.9. The molecule has 2 aromatic rings. The van der Waals surface area contributed by atoms with Gasteiger partial charge in [0.15, 0.2) is 0 Å². The van der Waals surface area contributed by atoms with E-state index >= 15 is 0 Å². The minimum Gasteiger partial charge on any atom is -0.376 e. The van der Waals surface area contributed by atoms with Crippen molar-refractivity contribution in [2.24, 2.45) is 0 Å². The summed E-state index contributed by atoms with van der Waals surface area (Å²) < 4.78 is 0. The zero-order valence-corrected chi connectivity index (χ0v) is 14.2. The summed E-state index contributed by atoms with van der Waals surface area (Å²) in [5.74, 6) is 0. The molecule has 0 saturated carbocycles. The molecule has 4 nitrogen and oxygen atoms in total. The maximum atomic E-state index is 11.7. The molecule has 0 aliphatic carbocycles. The summed E-state index contributed by atoms with van der Waals surface area (Å²) in [4.78, 5) is 23.5. The highest BCUT2D eigenvalue weighted by Gasteiger charge is 2.25. The van der Waals surface area contributed by atoms with Gasteiger partial charge < -0.3 is 10.6 Å². The van der Waals surface area contributed by atoms with E-state index in [0.29, 0.717) is 28.0 Å². The number of nitrogens with one attached hydrogen (secondary N) is 2. The zero-order chi connectivity index (χ0) is 16.5. The molecule has 0 aliphatic heterocycles. The van der Waals surface area contributed by atoms with Gasteiger partial charge in [-0.3, -0.25) is 9.59 Å². The van der Waals surface area contributed by atoms with Crippen molar-refractivity contribution in [3.05, 3.63) is 54.3 Å². The summed E-state index contributed by atoms with van der Waals surface area (Å²) in [5.41, 5.74) is 0.285. The van der Waals surface area contributed by atoms with E-state index in [1.54, 1.807) is 18.2 Å². The minimum absolute atomic E-state index is 0.252. The molecule has 2 rings (SSSR count). The van der Waals surface area contributed by atoms with Crippen molar-refractivity contribution in [3.8, 4) is 0 Å². The van der Waals surface area contributed by atoms with Gasteiger partial charge >= 0.3 is 0 Å². The van der Waals surface area contributed by atoms with Crippen molar-refractivity contribution in [1.29, 1.82) is 0 Å². The summed E-state index contributed by atoms with van der Waals surface area (Å²) in [6.45, 7) is 6.33. The Bertz CT molecular complexity index is 742. The molecule has 0 radical (unpaired) electrons. The van der Waals surface area contributed by atoms with E-state index in [2.05, 4.69) is 10.6 Å². The third-order valence-corrected chi connectivity index (χ3v) is 4.09. The fourth-order valence-corrected chi connectivity index (χ4v) is 2.58. The molecule has 0 aromatic heterocycles. The van der Waals surface area contributed by atoms with Crippen molar-refractivity contribution < 1.29 is 0 Å². The maximum Gasteiger partial charge on any atom is 0.253 e. The van der Waals surface area contributed by atoms with Crippen LogP contribution in [0, 0.1) is 0 Å². The van der Waals surface area contributed by atoms with E-state index < -0.39 is 10.9 Å². The predicted octanol–water partition coefficient (Wildman–Crippen LogP) is 3.80. The van der Waals surface area contributed by atoms with Gasteiger partial charge in [0.05, 0.1) is 0 Å². The summed E-state index contributed by atoms with van der Waals surface area (Å²) in [6.07, 6.45) is 0.829. The van der Waals surface area contributed by atoms with Crippen LogP contribution in [-0.4, -0.2) is 5.54 Å². The van der Waals surface area contributed by atoms with Crippen LogP contribution in [0.4, 0.5) is 11.4 Å². The SMILES string of the molecule is CCC(C)(C)Nc1c(NCc2cc(Cl)cc(Cl)c2)c(=O)c1=O. The van der Waals surface area contributed by atoms with E-state index in [4.69, 9.17) is 23.2 Å². The Labute approximate surface area is 139 Å². The minimum atomic E-state index is -0.498. The van der Waals surface area contributed by atoms with Crippen LogP contribution in [0.15, 0.2) is 27.8 Å². The molecule has 6 heteroatoms. The molecule has 0 bridgehead atoms. The van der Waals surface area contributed by atoms with Crippen LogP contribution in [0.1, 0.15) is 32.8 Å². The normalized spacial score (nSPS) is 11.7. The summed E-state index contributed by atoms with van der Waals surface area (Å²) in [5, 5.41) is 7.18. The quantitative estimate of drug-likeness (QED) is 0.785. The standard InChI is InChI=1S/C16H18Cl2N2O2/c1-4-16(2,3)20-13-12(14(21)15(13)22)19-8-9-5-10(17)7-11(18)6-9/h5-7,19-20H,4,8H2,1-3H3. The molecule has 0 saturated heterocycles. The Morgan fingerprint density at radius 2 is 1.55 bits per heavy atom. The number of hydrogen-bond donors (Lipinski definition) is 2. The second-order valence-electron chi connectivity index (χ2n) is 5.90. The van der Waals surface area contributed by atoms with Gasteiger partial charge in [0, 0.05) is 22.1 Å². The molecule has 118 valence electrons. The molecule has 0 atom stereocenters. The first-order valence-electron chi connectivity index (χ1n) is 7.04. The van der Waals surface area contributed by atoms with Crippen molar-refractivity contribution in [2.75, 3.05) is 10.6 Å². The molecule has 0 heterocycles. The highest BCUT2D eigenvalue weighted by atomic mass is 35.5. The largest absolute Gasteiger partial charge is 0.376 e. The summed E-state index contributed by atoms with van der Waals surface area (Å²) in [6, 6.07) is 5.16. The van der Waals surface area contributed by atoms with E-state index in [1.165, 1.54) is 0 Å². The Hall–Kier alpha value is -1.52. The lowest BCUT2D eigenvalue weighted by molar-refractivity contribution is 0.546. The fraction of sp³-hybridized carbons (Fsp3) is 0.375. The van der Waals surface area contributed by atoms with E-state index in [0.717, 1.165) is 12.0 Å². The zero-order valence-electron chi connectivity index (χ0n) is 12.7. The topological polar surface area (TPSA) is 58.2 Å². The Balaban J connectivity index is 2.16. The predicted molar refractivity (Wildman–Crippen MR) is 93.1 cm³/mol.